The van der Waals surface area contributed by atoms with Crippen molar-refractivity contribution in [1.82, 2.24) is 0 Å². The van der Waals surface area contributed by atoms with Gasteiger partial charge in [0.1, 0.15) is 18.8 Å². The van der Waals surface area contributed by atoms with Gasteiger partial charge in [-0.1, -0.05) is 251 Å². The van der Waals surface area contributed by atoms with Gasteiger partial charge in [0.05, 0.1) is 6.61 Å². The number of hydrogen-bond acceptors (Lipinski definition) is 11. The lowest BCUT2D eigenvalue weighted by atomic mass is 9.98. The van der Waals surface area contributed by atoms with Crippen LogP contribution >= 0.6 is 0 Å². The van der Waals surface area contributed by atoms with Gasteiger partial charge in [0, 0.05) is 19.3 Å². The van der Waals surface area contributed by atoms with Crippen molar-refractivity contribution in [1.29, 1.82) is 0 Å². The lowest BCUT2D eigenvalue weighted by Gasteiger charge is -2.40. The molecule has 428 valence electrons. The zero-order valence-corrected chi connectivity index (χ0v) is 47.2. The molecule has 1 fully saturated rings. The van der Waals surface area contributed by atoms with Gasteiger partial charge in [0.2, 0.25) is 0 Å². The molecule has 1 aliphatic heterocycles. The van der Waals surface area contributed by atoms with E-state index < -0.39 is 67.3 Å². The normalized spacial score (nSPS) is 18.3. The molecule has 1 saturated heterocycles. The largest absolute Gasteiger partial charge is 0.479 e. The molecule has 6 unspecified atom stereocenters. The van der Waals surface area contributed by atoms with Crippen LogP contribution in [0.25, 0.3) is 0 Å². The SMILES string of the molecule is CCCCCCCC/C=C\CCCCCCCC(=O)OCC(COC1OC(C(=O)O)C(O)C(O)C1OC(=O)CCCCCCCCCCCCCCCCCCCCC)OC(=O)CCCCCCCCCCC. The third kappa shape index (κ3) is 40.4. The zero-order chi connectivity index (χ0) is 53.3. The first-order valence-corrected chi connectivity index (χ1v) is 30.7. The molecule has 0 spiro atoms. The molecule has 0 radical (unpaired) electrons. The van der Waals surface area contributed by atoms with Gasteiger partial charge in [-0.3, -0.25) is 14.4 Å². The number of carbonyl (C=O) groups is 4. The number of unbranched alkanes of at least 4 members (excludes halogenated alkanes) is 37. The van der Waals surface area contributed by atoms with Crippen molar-refractivity contribution < 1.29 is 58.2 Å². The van der Waals surface area contributed by atoms with Crippen LogP contribution < -0.4 is 0 Å². The first kappa shape index (κ1) is 68.5. The summed E-state index contributed by atoms with van der Waals surface area (Å²) >= 11 is 0. The molecule has 73 heavy (non-hydrogen) atoms. The highest BCUT2D eigenvalue weighted by Gasteiger charge is 2.50. The van der Waals surface area contributed by atoms with Crippen molar-refractivity contribution in [3.63, 3.8) is 0 Å². The average Bonchev–Trinajstić information content (AvgIpc) is 3.37. The summed E-state index contributed by atoms with van der Waals surface area (Å²) in [6.07, 6.45) is 43.4. The third-order valence-corrected chi connectivity index (χ3v) is 14.3. The third-order valence-electron chi connectivity index (χ3n) is 14.3. The van der Waals surface area contributed by atoms with Gasteiger partial charge >= 0.3 is 23.9 Å². The fourth-order valence-electron chi connectivity index (χ4n) is 9.60. The summed E-state index contributed by atoms with van der Waals surface area (Å²) in [6.45, 7) is 5.99. The highest BCUT2D eigenvalue weighted by atomic mass is 16.7. The van der Waals surface area contributed by atoms with E-state index in [0.717, 1.165) is 77.0 Å². The number of ether oxygens (including phenoxy) is 5. The van der Waals surface area contributed by atoms with E-state index in [0.29, 0.717) is 19.3 Å². The Kier molecular flexibility index (Phi) is 47.2. The van der Waals surface area contributed by atoms with Crippen molar-refractivity contribution in [3.05, 3.63) is 12.2 Å². The van der Waals surface area contributed by atoms with Gasteiger partial charge in [0.25, 0.3) is 0 Å². The summed E-state index contributed by atoms with van der Waals surface area (Å²) in [5, 5.41) is 31.5. The number of carboxylic acids is 1. The molecule has 0 bridgehead atoms. The Hall–Kier alpha value is -2.54. The Morgan fingerprint density at radius 1 is 0.438 bits per heavy atom. The lowest BCUT2D eigenvalue weighted by molar-refractivity contribution is -0.301. The second kappa shape index (κ2) is 50.3. The quantitative estimate of drug-likeness (QED) is 0.0228. The number of esters is 3. The van der Waals surface area contributed by atoms with E-state index in [4.69, 9.17) is 23.7 Å². The highest BCUT2D eigenvalue weighted by Crippen LogP contribution is 2.27. The molecule has 0 saturated carbocycles. The van der Waals surface area contributed by atoms with Crippen molar-refractivity contribution in [3.8, 4) is 0 Å². The molecular weight excluding hydrogens is 925 g/mol. The van der Waals surface area contributed by atoms with Crippen LogP contribution in [0.1, 0.15) is 303 Å². The number of hydrogen-bond donors (Lipinski definition) is 3. The molecule has 0 aromatic carbocycles. The Labute approximate surface area is 446 Å². The number of aliphatic hydroxyl groups excluding tert-OH is 2. The molecule has 0 aromatic rings. The minimum Gasteiger partial charge on any atom is -0.479 e. The average molecular weight is 1040 g/mol. The van der Waals surface area contributed by atoms with E-state index >= 15 is 0 Å². The Morgan fingerprint density at radius 3 is 1.16 bits per heavy atom. The Balaban J connectivity index is 2.60. The molecule has 1 aliphatic rings. The van der Waals surface area contributed by atoms with Crippen LogP contribution in [-0.4, -0.2) is 89.2 Å². The predicted molar refractivity (Wildman–Crippen MR) is 294 cm³/mol. The molecule has 1 rings (SSSR count). The van der Waals surface area contributed by atoms with Crippen LogP contribution in [0.4, 0.5) is 0 Å². The number of aliphatic hydroxyl groups is 2. The van der Waals surface area contributed by atoms with E-state index in [-0.39, 0.29) is 25.9 Å². The van der Waals surface area contributed by atoms with Crippen LogP contribution in [0.3, 0.4) is 0 Å². The molecule has 0 amide bonds. The van der Waals surface area contributed by atoms with Gasteiger partial charge in [-0.05, 0) is 44.9 Å². The van der Waals surface area contributed by atoms with E-state index in [2.05, 4.69) is 32.9 Å². The fraction of sp³-hybridized carbons (Fsp3) is 0.902. The van der Waals surface area contributed by atoms with Crippen LogP contribution in [0.2, 0.25) is 0 Å². The van der Waals surface area contributed by atoms with Crippen molar-refractivity contribution in [2.24, 2.45) is 0 Å². The summed E-state index contributed by atoms with van der Waals surface area (Å²) in [5.41, 5.74) is 0. The van der Waals surface area contributed by atoms with E-state index in [9.17, 15) is 34.5 Å². The molecular formula is C61H112O12. The van der Waals surface area contributed by atoms with Crippen LogP contribution in [-0.2, 0) is 42.9 Å². The molecule has 6 atom stereocenters. The maximum Gasteiger partial charge on any atom is 0.335 e. The van der Waals surface area contributed by atoms with Gasteiger partial charge in [-0.15, -0.1) is 0 Å². The molecule has 0 aliphatic carbocycles. The Bertz CT molecular complexity index is 1320. The van der Waals surface area contributed by atoms with E-state index in [1.54, 1.807) is 0 Å². The van der Waals surface area contributed by atoms with Crippen LogP contribution in [0.5, 0.6) is 0 Å². The number of aliphatic carboxylic acids is 1. The number of allylic oxidation sites excluding steroid dienone is 2. The van der Waals surface area contributed by atoms with Crippen molar-refractivity contribution in [2.75, 3.05) is 13.2 Å². The number of carboxylic acid groups (broad SMARTS) is 1. The summed E-state index contributed by atoms with van der Waals surface area (Å²) in [7, 11) is 0. The van der Waals surface area contributed by atoms with Crippen LogP contribution in [0, 0.1) is 0 Å². The second-order valence-corrected chi connectivity index (χ2v) is 21.4. The first-order chi connectivity index (χ1) is 35.6. The highest BCUT2D eigenvalue weighted by molar-refractivity contribution is 5.74. The van der Waals surface area contributed by atoms with Gasteiger partial charge in [-0.2, -0.15) is 0 Å². The van der Waals surface area contributed by atoms with E-state index in [1.807, 2.05) is 0 Å². The molecule has 0 aromatic heterocycles. The standard InChI is InChI=1S/C61H112O12/c1-4-7-10-13-16-19-21-23-25-26-27-28-30-32-34-37-40-43-46-49-55(64)72-59-57(66)56(65)58(60(67)68)73-61(59)70-51-52(71-54(63)48-45-42-39-35-18-15-12-9-6-3)50-69-53(62)47-44-41-38-36-33-31-29-24-22-20-17-14-11-8-5-2/h24,29,52,56-59,61,65-66H,4-23,25-28,30-51H2,1-3H3,(H,67,68)/b29-24-. The fourth-order valence-corrected chi connectivity index (χ4v) is 9.60. The summed E-state index contributed by atoms with van der Waals surface area (Å²) in [6, 6.07) is 0. The molecule has 3 N–H and O–H groups in total. The van der Waals surface area contributed by atoms with Crippen molar-refractivity contribution in [2.45, 2.75) is 340 Å². The summed E-state index contributed by atoms with van der Waals surface area (Å²) < 4.78 is 28.4. The summed E-state index contributed by atoms with van der Waals surface area (Å²) in [4.78, 5) is 51.0. The monoisotopic (exact) mass is 1040 g/mol. The van der Waals surface area contributed by atoms with Crippen LogP contribution in [0.15, 0.2) is 12.2 Å². The minimum absolute atomic E-state index is 0.0685. The van der Waals surface area contributed by atoms with Gasteiger partial charge < -0.3 is 39.0 Å². The summed E-state index contributed by atoms with van der Waals surface area (Å²) in [5.74, 6) is -3.09. The topological polar surface area (TPSA) is 175 Å². The first-order valence-electron chi connectivity index (χ1n) is 30.7. The second-order valence-electron chi connectivity index (χ2n) is 21.4. The molecule has 12 nitrogen and oxygen atoms in total. The predicted octanol–water partition coefficient (Wildman–Crippen LogP) is 15.7. The van der Waals surface area contributed by atoms with Crippen molar-refractivity contribution >= 4 is 23.9 Å². The maximum atomic E-state index is 13.1. The van der Waals surface area contributed by atoms with Gasteiger partial charge in [0.15, 0.2) is 24.6 Å². The molecule has 1 heterocycles. The number of carbonyl (C=O) groups excluding carboxylic acids is 3. The van der Waals surface area contributed by atoms with Gasteiger partial charge in [-0.25, -0.2) is 4.79 Å². The Morgan fingerprint density at radius 2 is 0.781 bits per heavy atom. The smallest absolute Gasteiger partial charge is 0.335 e. The van der Waals surface area contributed by atoms with E-state index in [1.165, 1.54) is 167 Å². The zero-order valence-electron chi connectivity index (χ0n) is 47.2. The molecule has 12 heteroatoms. The number of rotatable bonds is 53. The maximum absolute atomic E-state index is 13.1. The minimum atomic E-state index is -1.90. The lowest BCUT2D eigenvalue weighted by Crippen LogP contribution is -2.61.